The second kappa shape index (κ2) is 5.09. The van der Waals surface area contributed by atoms with Gasteiger partial charge in [0.15, 0.2) is 5.78 Å². The molecule has 1 heterocycles. The summed E-state index contributed by atoms with van der Waals surface area (Å²) in [6.07, 6.45) is 1.44. The summed E-state index contributed by atoms with van der Waals surface area (Å²) in [6, 6.07) is 7.39. The van der Waals surface area contributed by atoms with Crippen molar-refractivity contribution in [2.45, 2.75) is 37.6 Å². The molecular formula is C16H17NO2S. The summed E-state index contributed by atoms with van der Waals surface area (Å²) in [7, 11) is 0. The molecule has 2 aliphatic rings. The van der Waals surface area contributed by atoms with E-state index in [4.69, 9.17) is 0 Å². The molecular weight excluding hydrogens is 270 g/mol. The molecule has 0 aromatic heterocycles. The lowest BCUT2D eigenvalue weighted by atomic mass is 9.82. The van der Waals surface area contributed by atoms with E-state index in [1.807, 2.05) is 24.3 Å². The Morgan fingerprint density at radius 2 is 2.05 bits per heavy atom. The SMILES string of the molecule is CC(=O)N1c2ccccc2SC=C2CC(C)CC(=O)C21. The number of hydrogen-bond acceptors (Lipinski definition) is 3. The van der Waals surface area contributed by atoms with Gasteiger partial charge in [-0.05, 0) is 35.5 Å². The lowest BCUT2D eigenvalue weighted by molar-refractivity contribution is -0.125. The van der Waals surface area contributed by atoms with E-state index in [2.05, 4.69) is 12.3 Å². The maximum absolute atomic E-state index is 12.5. The van der Waals surface area contributed by atoms with Crippen LogP contribution in [0.25, 0.3) is 0 Å². The largest absolute Gasteiger partial charge is 0.297 e. The second-order valence-corrected chi connectivity index (χ2v) is 6.46. The van der Waals surface area contributed by atoms with Crippen LogP contribution in [0, 0.1) is 5.92 Å². The fourth-order valence-electron chi connectivity index (χ4n) is 3.06. The highest BCUT2D eigenvalue weighted by atomic mass is 32.2. The molecule has 1 aromatic carbocycles. The summed E-state index contributed by atoms with van der Waals surface area (Å²) in [5.41, 5.74) is 1.93. The van der Waals surface area contributed by atoms with Gasteiger partial charge in [-0.1, -0.05) is 30.8 Å². The van der Waals surface area contributed by atoms with Crippen molar-refractivity contribution in [3.05, 3.63) is 35.2 Å². The lowest BCUT2D eigenvalue weighted by Gasteiger charge is -2.35. The van der Waals surface area contributed by atoms with Crippen molar-refractivity contribution in [1.82, 2.24) is 0 Å². The summed E-state index contributed by atoms with van der Waals surface area (Å²) in [5, 5.41) is 2.07. The van der Waals surface area contributed by atoms with E-state index >= 15 is 0 Å². The molecule has 1 aromatic rings. The average molecular weight is 287 g/mol. The zero-order chi connectivity index (χ0) is 14.3. The van der Waals surface area contributed by atoms with Crippen LogP contribution in [0.15, 0.2) is 40.1 Å². The van der Waals surface area contributed by atoms with Crippen molar-refractivity contribution in [3.63, 3.8) is 0 Å². The van der Waals surface area contributed by atoms with Crippen LogP contribution in [0.1, 0.15) is 26.7 Å². The van der Waals surface area contributed by atoms with E-state index in [1.54, 1.807) is 16.7 Å². The van der Waals surface area contributed by atoms with Gasteiger partial charge in [0.2, 0.25) is 5.91 Å². The summed E-state index contributed by atoms with van der Waals surface area (Å²) in [5.74, 6) is 0.446. The Morgan fingerprint density at radius 1 is 1.30 bits per heavy atom. The minimum Gasteiger partial charge on any atom is -0.297 e. The van der Waals surface area contributed by atoms with Crippen molar-refractivity contribution in [2.24, 2.45) is 5.92 Å². The standard InChI is InChI=1S/C16H17NO2S/c1-10-7-12-9-20-15-6-4-3-5-13(15)17(11(2)18)16(12)14(19)8-10/h3-6,9-10,16H,7-8H2,1-2H3. The number of benzene rings is 1. The number of amides is 1. The van der Waals surface area contributed by atoms with E-state index in [0.717, 1.165) is 22.6 Å². The van der Waals surface area contributed by atoms with Crippen LogP contribution < -0.4 is 4.90 Å². The Labute approximate surface area is 123 Å². The van der Waals surface area contributed by atoms with Gasteiger partial charge in [0.05, 0.1) is 5.69 Å². The lowest BCUT2D eigenvalue weighted by Crippen LogP contribution is -2.48. The Kier molecular flexibility index (Phi) is 3.42. The molecule has 1 fully saturated rings. The van der Waals surface area contributed by atoms with E-state index in [1.165, 1.54) is 6.92 Å². The minimum absolute atomic E-state index is 0.0706. The Balaban J connectivity index is 2.14. The molecule has 0 spiro atoms. The number of carbonyl (C=O) groups is 2. The molecule has 0 radical (unpaired) electrons. The average Bonchev–Trinajstić information content (AvgIpc) is 2.56. The molecule has 3 nitrogen and oxygen atoms in total. The molecule has 1 saturated carbocycles. The maximum atomic E-state index is 12.5. The maximum Gasteiger partial charge on any atom is 0.224 e. The van der Waals surface area contributed by atoms with Crippen LogP contribution in [0.3, 0.4) is 0 Å². The van der Waals surface area contributed by atoms with E-state index < -0.39 is 6.04 Å². The predicted octanol–water partition coefficient (Wildman–Crippen LogP) is 3.40. The first kappa shape index (κ1) is 13.4. The normalized spacial score (nSPS) is 25.4. The topological polar surface area (TPSA) is 37.4 Å². The number of nitrogens with zero attached hydrogens (tertiary/aromatic N) is 1. The van der Waals surface area contributed by atoms with Crippen LogP contribution in [0.2, 0.25) is 0 Å². The third kappa shape index (κ3) is 2.18. The van der Waals surface area contributed by atoms with Gasteiger partial charge in [-0.2, -0.15) is 0 Å². The highest BCUT2D eigenvalue weighted by Crippen LogP contribution is 2.42. The number of para-hydroxylation sites is 1. The summed E-state index contributed by atoms with van der Waals surface area (Å²) in [4.78, 5) is 27.3. The van der Waals surface area contributed by atoms with Crippen LogP contribution in [-0.2, 0) is 9.59 Å². The zero-order valence-corrected chi connectivity index (χ0v) is 12.4. The molecule has 1 aliphatic heterocycles. The van der Waals surface area contributed by atoms with Crippen molar-refractivity contribution in [1.29, 1.82) is 0 Å². The molecule has 0 bridgehead atoms. The molecule has 0 N–H and O–H groups in total. The monoisotopic (exact) mass is 287 g/mol. The van der Waals surface area contributed by atoms with Gasteiger partial charge in [-0.25, -0.2) is 0 Å². The first-order valence-electron chi connectivity index (χ1n) is 6.85. The molecule has 20 heavy (non-hydrogen) atoms. The molecule has 104 valence electrons. The third-order valence-corrected chi connectivity index (χ3v) is 4.87. The highest BCUT2D eigenvalue weighted by molar-refractivity contribution is 8.02. The Hall–Kier alpha value is -1.55. The van der Waals surface area contributed by atoms with Gasteiger partial charge < -0.3 is 0 Å². The fraction of sp³-hybridized carbons (Fsp3) is 0.375. The van der Waals surface area contributed by atoms with Gasteiger partial charge >= 0.3 is 0 Å². The number of carbonyl (C=O) groups excluding carboxylic acids is 2. The Morgan fingerprint density at radius 3 is 2.80 bits per heavy atom. The predicted molar refractivity (Wildman–Crippen MR) is 80.7 cm³/mol. The minimum atomic E-state index is -0.403. The van der Waals surface area contributed by atoms with Gasteiger partial charge in [0.25, 0.3) is 0 Å². The summed E-state index contributed by atoms with van der Waals surface area (Å²) in [6.45, 7) is 3.63. The van der Waals surface area contributed by atoms with E-state index in [-0.39, 0.29) is 11.7 Å². The molecule has 1 amide bonds. The molecule has 0 saturated heterocycles. The molecule has 2 atom stereocenters. The number of hydrogen-bond donors (Lipinski definition) is 0. The van der Waals surface area contributed by atoms with Crippen molar-refractivity contribution < 1.29 is 9.59 Å². The van der Waals surface area contributed by atoms with Gasteiger partial charge in [-0.15, -0.1) is 0 Å². The van der Waals surface area contributed by atoms with Gasteiger partial charge in [0.1, 0.15) is 6.04 Å². The Bertz CT molecular complexity index is 608. The quantitative estimate of drug-likeness (QED) is 0.734. The zero-order valence-electron chi connectivity index (χ0n) is 11.6. The van der Waals surface area contributed by atoms with Crippen LogP contribution in [0.5, 0.6) is 0 Å². The fourth-order valence-corrected chi connectivity index (χ4v) is 4.00. The number of Topliss-reactive ketones (excluding diaryl/α,β-unsaturated/α-hetero) is 1. The molecule has 2 unspecified atom stereocenters. The first-order valence-corrected chi connectivity index (χ1v) is 7.73. The molecule has 4 heteroatoms. The first-order chi connectivity index (χ1) is 9.58. The van der Waals surface area contributed by atoms with Gasteiger partial charge in [0, 0.05) is 18.2 Å². The molecule has 1 aliphatic carbocycles. The van der Waals surface area contributed by atoms with Crippen LogP contribution in [-0.4, -0.2) is 17.7 Å². The van der Waals surface area contributed by atoms with E-state index in [9.17, 15) is 9.59 Å². The van der Waals surface area contributed by atoms with Crippen molar-refractivity contribution >= 4 is 29.1 Å². The summed E-state index contributed by atoms with van der Waals surface area (Å²) < 4.78 is 0. The highest BCUT2D eigenvalue weighted by Gasteiger charge is 2.39. The number of thioether (sulfide) groups is 1. The van der Waals surface area contributed by atoms with Gasteiger partial charge in [-0.3, -0.25) is 14.5 Å². The second-order valence-electron chi connectivity index (χ2n) is 5.55. The van der Waals surface area contributed by atoms with Crippen LogP contribution >= 0.6 is 11.8 Å². The molecule has 3 rings (SSSR count). The summed E-state index contributed by atoms with van der Waals surface area (Å²) >= 11 is 1.61. The van der Waals surface area contributed by atoms with Crippen molar-refractivity contribution in [2.75, 3.05) is 4.90 Å². The van der Waals surface area contributed by atoms with Crippen LogP contribution in [0.4, 0.5) is 5.69 Å². The smallest absolute Gasteiger partial charge is 0.224 e. The number of anilines is 1. The van der Waals surface area contributed by atoms with E-state index in [0.29, 0.717) is 12.3 Å². The number of rotatable bonds is 0. The third-order valence-electron chi connectivity index (χ3n) is 3.85. The number of ketones is 1. The number of fused-ring (bicyclic) bond motifs is 2. The van der Waals surface area contributed by atoms with Crippen molar-refractivity contribution in [3.8, 4) is 0 Å².